The molecule has 2 atom stereocenters. The molecule has 2 aromatic rings. The Morgan fingerprint density at radius 1 is 1.00 bits per heavy atom. The summed E-state index contributed by atoms with van der Waals surface area (Å²) in [4.78, 5) is 27.5. The number of hydrogen-bond acceptors (Lipinski definition) is 3. The van der Waals surface area contributed by atoms with Crippen molar-refractivity contribution < 1.29 is 14.3 Å². The number of nitrogens with zero attached hydrogens (tertiary/aromatic N) is 1. The quantitative estimate of drug-likeness (QED) is 0.827. The lowest BCUT2D eigenvalue weighted by Crippen LogP contribution is -2.44. The normalized spacial score (nSPS) is 21.2. The Morgan fingerprint density at radius 2 is 1.76 bits per heavy atom. The van der Waals surface area contributed by atoms with Crippen LogP contribution in [0.15, 0.2) is 48.5 Å². The smallest absolute Gasteiger partial charge is 0.257 e. The van der Waals surface area contributed by atoms with Crippen LogP contribution < -0.4 is 10.1 Å². The topological polar surface area (TPSA) is 58.6 Å². The zero-order valence-corrected chi connectivity index (χ0v) is 16.9. The van der Waals surface area contributed by atoms with Gasteiger partial charge in [-0.2, -0.15) is 0 Å². The molecule has 0 bridgehead atoms. The van der Waals surface area contributed by atoms with Gasteiger partial charge in [-0.15, -0.1) is 0 Å². The molecule has 1 heterocycles. The summed E-state index contributed by atoms with van der Waals surface area (Å²) >= 11 is 0. The predicted molar refractivity (Wildman–Crippen MR) is 113 cm³/mol. The highest BCUT2D eigenvalue weighted by molar-refractivity contribution is 6.05. The summed E-state index contributed by atoms with van der Waals surface area (Å²) in [6, 6.07) is 14.3. The van der Waals surface area contributed by atoms with Gasteiger partial charge in [-0.25, -0.2) is 0 Å². The summed E-state index contributed by atoms with van der Waals surface area (Å²) < 4.78 is 5.49. The second-order valence-electron chi connectivity index (χ2n) is 8.08. The first-order valence-electron chi connectivity index (χ1n) is 10.5. The highest BCUT2D eigenvalue weighted by Crippen LogP contribution is 2.37. The highest BCUT2D eigenvalue weighted by Gasteiger charge is 2.33. The summed E-state index contributed by atoms with van der Waals surface area (Å²) in [5.41, 5.74) is 1.75. The third-order valence-corrected chi connectivity index (χ3v) is 6.30. The number of likely N-dealkylation sites (tertiary alicyclic amines) is 1. The molecule has 1 N–H and O–H groups in total. The molecule has 1 aliphatic carbocycles. The number of fused-ring (bicyclic) bond motifs is 1. The summed E-state index contributed by atoms with van der Waals surface area (Å²) in [5, 5.41) is 2.87. The van der Waals surface area contributed by atoms with Gasteiger partial charge in [0.05, 0.1) is 12.7 Å². The van der Waals surface area contributed by atoms with Crippen LogP contribution in [0.5, 0.6) is 5.75 Å². The number of benzene rings is 2. The van der Waals surface area contributed by atoms with Gasteiger partial charge >= 0.3 is 0 Å². The van der Waals surface area contributed by atoms with Gasteiger partial charge in [0.25, 0.3) is 11.8 Å². The van der Waals surface area contributed by atoms with E-state index < -0.39 is 0 Å². The lowest BCUT2D eigenvalue weighted by Gasteiger charge is -2.41. The van der Waals surface area contributed by atoms with Crippen LogP contribution >= 0.6 is 0 Å². The van der Waals surface area contributed by atoms with Crippen molar-refractivity contribution in [3.63, 3.8) is 0 Å². The number of carbonyl (C=O) groups is 2. The Balaban J connectivity index is 1.48. The van der Waals surface area contributed by atoms with Crippen LogP contribution in [0.2, 0.25) is 0 Å². The van der Waals surface area contributed by atoms with Gasteiger partial charge < -0.3 is 15.0 Å². The van der Waals surface area contributed by atoms with E-state index in [0.29, 0.717) is 28.5 Å². The van der Waals surface area contributed by atoms with Crippen LogP contribution in [0, 0.1) is 11.8 Å². The molecule has 1 saturated carbocycles. The lowest BCUT2D eigenvalue weighted by molar-refractivity contribution is 0.0518. The standard InChI is InChI=1S/C24H28N2O3/c1-29-22-15-20(25-23(27)18-8-3-2-4-9-18)11-12-21(22)24(28)26-14-13-17-7-5-6-10-19(17)16-26/h2-4,8-9,11-12,15,17,19H,5-7,10,13-14,16H2,1H3,(H,25,27)/t17-,19+/m1/s1. The van der Waals surface area contributed by atoms with Crippen molar-refractivity contribution in [2.24, 2.45) is 11.8 Å². The fraction of sp³-hybridized carbons (Fsp3) is 0.417. The van der Waals surface area contributed by atoms with E-state index >= 15 is 0 Å². The minimum Gasteiger partial charge on any atom is -0.496 e. The van der Waals surface area contributed by atoms with Crippen molar-refractivity contribution in [2.45, 2.75) is 32.1 Å². The van der Waals surface area contributed by atoms with Crippen molar-refractivity contribution in [1.82, 2.24) is 4.90 Å². The summed E-state index contributed by atoms with van der Waals surface area (Å²) in [7, 11) is 1.56. The molecule has 2 amide bonds. The maximum atomic E-state index is 13.2. The van der Waals surface area contributed by atoms with Crippen molar-refractivity contribution >= 4 is 17.5 Å². The van der Waals surface area contributed by atoms with Crippen LogP contribution in [0.3, 0.4) is 0 Å². The predicted octanol–water partition coefficient (Wildman–Crippen LogP) is 4.60. The molecular weight excluding hydrogens is 364 g/mol. The first-order valence-corrected chi connectivity index (χ1v) is 10.5. The molecule has 5 nitrogen and oxygen atoms in total. The summed E-state index contributed by atoms with van der Waals surface area (Å²) in [6.07, 6.45) is 6.26. The van der Waals surface area contributed by atoms with Gasteiger partial charge in [0.15, 0.2) is 0 Å². The molecule has 0 aromatic heterocycles. The average Bonchev–Trinajstić information content (AvgIpc) is 2.78. The number of nitrogens with one attached hydrogen (secondary N) is 1. The van der Waals surface area contributed by atoms with E-state index in [1.54, 1.807) is 37.4 Å². The number of piperidine rings is 1. The monoisotopic (exact) mass is 392 g/mol. The number of carbonyl (C=O) groups excluding carboxylic acids is 2. The Kier molecular flexibility index (Phi) is 5.84. The first kappa shape index (κ1) is 19.5. The molecule has 0 spiro atoms. The molecule has 2 aromatic carbocycles. The second kappa shape index (κ2) is 8.68. The highest BCUT2D eigenvalue weighted by atomic mass is 16.5. The zero-order chi connectivity index (χ0) is 20.2. The van der Waals surface area contributed by atoms with Crippen LogP contribution in [-0.4, -0.2) is 36.9 Å². The van der Waals surface area contributed by atoms with Crippen LogP contribution in [0.25, 0.3) is 0 Å². The third kappa shape index (κ3) is 4.29. The van der Waals surface area contributed by atoms with Crippen molar-refractivity contribution in [1.29, 1.82) is 0 Å². The number of amides is 2. The number of methoxy groups -OCH3 is 1. The molecule has 5 heteroatoms. The molecule has 2 aliphatic rings. The van der Waals surface area contributed by atoms with Gasteiger partial charge in [0.2, 0.25) is 0 Å². The molecule has 2 fully saturated rings. The Labute approximate surface area is 172 Å². The largest absolute Gasteiger partial charge is 0.496 e. The summed E-state index contributed by atoms with van der Waals surface area (Å²) in [5.74, 6) is 1.74. The summed E-state index contributed by atoms with van der Waals surface area (Å²) in [6.45, 7) is 1.66. The number of rotatable bonds is 4. The maximum absolute atomic E-state index is 13.2. The van der Waals surface area contributed by atoms with E-state index in [-0.39, 0.29) is 11.8 Å². The van der Waals surface area contributed by atoms with Gasteiger partial charge in [0, 0.05) is 30.4 Å². The average molecular weight is 392 g/mol. The van der Waals surface area contributed by atoms with E-state index in [9.17, 15) is 9.59 Å². The first-order chi connectivity index (χ1) is 14.2. The van der Waals surface area contributed by atoms with E-state index in [2.05, 4.69) is 5.32 Å². The molecule has 4 rings (SSSR count). The maximum Gasteiger partial charge on any atom is 0.257 e. The van der Waals surface area contributed by atoms with Crippen molar-refractivity contribution in [2.75, 3.05) is 25.5 Å². The van der Waals surface area contributed by atoms with Crippen molar-refractivity contribution in [3.8, 4) is 5.75 Å². The Hall–Kier alpha value is -2.82. The van der Waals surface area contributed by atoms with E-state index in [4.69, 9.17) is 4.74 Å². The molecule has 0 radical (unpaired) electrons. The SMILES string of the molecule is COc1cc(NC(=O)c2ccccc2)ccc1C(=O)N1CC[C@H]2CCCC[C@H]2C1. The molecule has 1 aliphatic heterocycles. The van der Waals surface area contributed by atoms with Crippen LogP contribution in [-0.2, 0) is 0 Å². The fourth-order valence-corrected chi connectivity index (χ4v) is 4.69. The van der Waals surface area contributed by atoms with Crippen LogP contribution in [0.4, 0.5) is 5.69 Å². The number of anilines is 1. The molecule has 152 valence electrons. The Morgan fingerprint density at radius 3 is 2.52 bits per heavy atom. The second-order valence-corrected chi connectivity index (χ2v) is 8.08. The minimum atomic E-state index is -0.189. The van der Waals surface area contributed by atoms with E-state index in [1.165, 1.54) is 25.7 Å². The van der Waals surface area contributed by atoms with Gasteiger partial charge in [-0.05, 0) is 48.9 Å². The molecular formula is C24H28N2O3. The fourth-order valence-electron chi connectivity index (χ4n) is 4.69. The molecule has 29 heavy (non-hydrogen) atoms. The third-order valence-electron chi connectivity index (χ3n) is 6.30. The molecule has 0 unspecified atom stereocenters. The van der Waals surface area contributed by atoms with Gasteiger partial charge in [0.1, 0.15) is 5.75 Å². The van der Waals surface area contributed by atoms with Gasteiger partial charge in [-0.1, -0.05) is 37.5 Å². The van der Waals surface area contributed by atoms with E-state index in [0.717, 1.165) is 25.4 Å². The number of hydrogen-bond donors (Lipinski definition) is 1. The Bertz CT molecular complexity index is 881. The lowest BCUT2D eigenvalue weighted by atomic mass is 9.75. The molecule has 1 saturated heterocycles. The van der Waals surface area contributed by atoms with Crippen LogP contribution in [0.1, 0.15) is 52.8 Å². The number of ether oxygens (including phenoxy) is 1. The minimum absolute atomic E-state index is 0.0202. The zero-order valence-electron chi connectivity index (χ0n) is 16.9. The van der Waals surface area contributed by atoms with Gasteiger partial charge in [-0.3, -0.25) is 9.59 Å². The van der Waals surface area contributed by atoms with Crippen molar-refractivity contribution in [3.05, 3.63) is 59.7 Å². The van der Waals surface area contributed by atoms with E-state index in [1.807, 2.05) is 23.1 Å².